The molecule has 10 heteroatoms. The lowest BCUT2D eigenvalue weighted by atomic mass is 10.1. The number of amides is 1. The highest BCUT2D eigenvalue weighted by Gasteiger charge is 2.31. The van der Waals surface area contributed by atoms with Gasteiger partial charge in [0.15, 0.2) is 0 Å². The van der Waals surface area contributed by atoms with Crippen LogP contribution in [0, 0.1) is 5.92 Å². The summed E-state index contributed by atoms with van der Waals surface area (Å²) in [6.07, 6.45) is 0. The standard InChI is InChI=1S/C14H19Cl2N3O3S.ClH/c1-10(9-17)14(20)18-4-6-19(7-5-18)23(21,22)11-2-3-12(15)13(16)8-11;/h2-3,8,10H,4-7,9,17H2,1H3;1H. The minimum Gasteiger partial charge on any atom is -0.340 e. The zero-order valence-electron chi connectivity index (χ0n) is 13.1. The van der Waals surface area contributed by atoms with Crippen molar-refractivity contribution in [2.45, 2.75) is 11.8 Å². The fourth-order valence-electron chi connectivity index (χ4n) is 2.35. The topological polar surface area (TPSA) is 83.7 Å². The SMILES string of the molecule is CC(CN)C(=O)N1CCN(S(=O)(=O)c2ccc(Cl)c(Cl)c2)CC1.Cl. The number of carbonyl (C=O) groups excluding carboxylic acids is 1. The Balaban J connectivity index is 0.00000288. The van der Waals surface area contributed by atoms with Crippen molar-refractivity contribution in [1.29, 1.82) is 0 Å². The molecule has 1 aromatic rings. The number of sulfonamides is 1. The number of hydrogen-bond donors (Lipinski definition) is 1. The minimum atomic E-state index is -3.65. The average Bonchev–Trinajstić information content (AvgIpc) is 2.55. The maximum atomic E-state index is 12.6. The fraction of sp³-hybridized carbons (Fsp3) is 0.500. The molecule has 2 N–H and O–H groups in total. The van der Waals surface area contributed by atoms with Gasteiger partial charge in [-0.15, -0.1) is 12.4 Å². The van der Waals surface area contributed by atoms with Crippen LogP contribution in [-0.4, -0.2) is 56.3 Å². The van der Waals surface area contributed by atoms with Crippen LogP contribution >= 0.6 is 35.6 Å². The zero-order chi connectivity index (χ0) is 17.2. The smallest absolute Gasteiger partial charge is 0.243 e. The molecule has 0 bridgehead atoms. The van der Waals surface area contributed by atoms with E-state index in [1.54, 1.807) is 11.8 Å². The third-order valence-electron chi connectivity index (χ3n) is 3.85. The van der Waals surface area contributed by atoms with Crippen LogP contribution in [0.25, 0.3) is 0 Å². The molecule has 0 aliphatic carbocycles. The molecule has 1 atom stereocenters. The fourth-order valence-corrected chi connectivity index (χ4v) is 4.16. The molecule has 0 aromatic heterocycles. The van der Waals surface area contributed by atoms with Crippen LogP contribution in [0.2, 0.25) is 10.0 Å². The van der Waals surface area contributed by atoms with Gasteiger partial charge in [-0.3, -0.25) is 4.79 Å². The lowest BCUT2D eigenvalue weighted by Crippen LogP contribution is -2.52. The van der Waals surface area contributed by atoms with E-state index < -0.39 is 10.0 Å². The van der Waals surface area contributed by atoms with Gasteiger partial charge in [-0.2, -0.15) is 4.31 Å². The van der Waals surface area contributed by atoms with Crippen molar-refractivity contribution >= 4 is 51.5 Å². The second-order valence-electron chi connectivity index (χ2n) is 5.44. The highest BCUT2D eigenvalue weighted by molar-refractivity contribution is 7.89. The average molecular weight is 417 g/mol. The molecule has 1 aromatic carbocycles. The van der Waals surface area contributed by atoms with Gasteiger partial charge < -0.3 is 10.6 Å². The van der Waals surface area contributed by atoms with Gasteiger partial charge in [0.25, 0.3) is 0 Å². The molecule has 1 amide bonds. The number of nitrogens with two attached hydrogens (primary N) is 1. The molecule has 0 radical (unpaired) electrons. The van der Waals surface area contributed by atoms with Gasteiger partial charge in [0.2, 0.25) is 15.9 Å². The number of benzene rings is 1. The molecular weight excluding hydrogens is 397 g/mol. The second-order valence-corrected chi connectivity index (χ2v) is 8.19. The van der Waals surface area contributed by atoms with E-state index in [2.05, 4.69) is 0 Å². The van der Waals surface area contributed by atoms with Crippen molar-refractivity contribution in [1.82, 2.24) is 9.21 Å². The van der Waals surface area contributed by atoms with Crippen molar-refractivity contribution in [2.75, 3.05) is 32.7 Å². The van der Waals surface area contributed by atoms with E-state index in [1.807, 2.05) is 0 Å². The van der Waals surface area contributed by atoms with E-state index in [0.717, 1.165) is 0 Å². The van der Waals surface area contributed by atoms with Crippen LogP contribution in [-0.2, 0) is 14.8 Å². The van der Waals surface area contributed by atoms with Crippen molar-refractivity contribution in [3.63, 3.8) is 0 Å². The Labute approximate surface area is 158 Å². The summed E-state index contributed by atoms with van der Waals surface area (Å²) in [5.41, 5.74) is 5.50. The number of rotatable bonds is 4. The Kier molecular flexibility index (Phi) is 7.77. The molecule has 1 aliphatic heterocycles. The predicted octanol–water partition coefficient (Wildman–Crippen LogP) is 1.84. The highest BCUT2D eigenvalue weighted by Crippen LogP contribution is 2.27. The van der Waals surface area contributed by atoms with Crippen molar-refractivity contribution in [3.8, 4) is 0 Å². The summed E-state index contributed by atoms with van der Waals surface area (Å²) < 4.78 is 26.6. The van der Waals surface area contributed by atoms with Crippen molar-refractivity contribution in [2.24, 2.45) is 11.7 Å². The molecule has 0 saturated carbocycles. The monoisotopic (exact) mass is 415 g/mol. The van der Waals surface area contributed by atoms with Crippen molar-refractivity contribution < 1.29 is 13.2 Å². The van der Waals surface area contributed by atoms with E-state index in [0.29, 0.717) is 18.1 Å². The Bertz CT molecular complexity index is 692. The molecule has 1 fully saturated rings. The number of nitrogens with zero attached hydrogens (tertiary/aromatic N) is 2. The van der Waals surface area contributed by atoms with Crippen LogP contribution in [0.3, 0.4) is 0 Å². The summed E-state index contributed by atoms with van der Waals surface area (Å²) in [6.45, 7) is 3.23. The molecule has 136 valence electrons. The van der Waals surface area contributed by atoms with E-state index in [-0.39, 0.29) is 53.8 Å². The van der Waals surface area contributed by atoms with Crippen LogP contribution in [0.5, 0.6) is 0 Å². The summed E-state index contributed by atoms with van der Waals surface area (Å²) in [4.78, 5) is 13.8. The lowest BCUT2D eigenvalue weighted by molar-refractivity contribution is -0.135. The highest BCUT2D eigenvalue weighted by atomic mass is 35.5. The molecule has 24 heavy (non-hydrogen) atoms. The summed E-state index contributed by atoms with van der Waals surface area (Å²) in [5, 5.41) is 0.495. The molecular formula is C14H20Cl3N3O3S. The summed E-state index contributed by atoms with van der Waals surface area (Å²) in [7, 11) is -3.65. The van der Waals surface area contributed by atoms with E-state index in [9.17, 15) is 13.2 Å². The Morgan fingerprint density at radius 1 is 1.21 bits per heavy atom. The van der Waals surface area contributed by atoms with Gasteiger partial charge in [-0.1, -0.05) is 30.1 Å². The van der Waals surface area contributed by atoms with E-state index in [4.69, 9.17) is 28.9 Å². The summed E-state index contributed by atoms with van der Waals surface area (Å²) in [5.74, 6) is -0.299. The predicted molar refractivity (Wildman–Crippen MR) is 97.3 cm³/mol. The first-order valence-corrected chi connectivity index (χ1v) is 9.41. The summed E-state index contributed by atoms with van der Waals surface area (Å²) in [6, 6.07) is 4.23. The largest absolute Gasteiger partial charge is 0.340 e. The van der Waals surface area contributed by atoms with Gasteiger partial charge in [-0.05, 0) is 18.2 Å². The number of halogens is 3. The zero-order valence-corrected chi connectivity index (χ0v) is 16.3. The minimum absolute atomic E-state index is 0. The normalized spacial score (nSPS) is 17.2. The van der Waals surface area contributed by atoms with Gasteiger partial charge >= 0.3 is 0 Å². The molecule has 1 saturated heterocycles. The van der Waals surface area contributed by atoms with Crippen LogP contribution in [0.4, 0.5) is 0 Å². The third kappa shape index (κ3) is 4.53. The van der Waals surface area contributed by atoms with Crippen LogP contribution in [0.15, 0.2) is 23.1 Å². The maximum Gasteiger partial charge on any atom is 0.243 e. The number of carbonyl (C=O) groups is 1. The quantitative estimate of drug-likeness (QED) is 0.812. The van der Waals surface area contributed by atoms with Crippen LogP contribution in [0.1, 0.15) is 6.92 Å². The first-order valence-electron chi connectivity index (χ1n) is 7.21. The number of piperazine rings is 1. The molecule has 1 aliphatic rings. The second kappa shape index (κ2) is 8.69. The van der Waals surface area contributed by atoms with Crippen molar-refractivity contribution in [3.05, 3.63) is 28.2 Å². The third-order valence-corrected chi connectivity index (χ3v) is 6.49. The first kappa shape index (κ1) is 21.5. The first-order chi connectivity index (χ1) is 10.8. The van der Waals surface area contributed by atoms with E-state index >= 15 is 0 Å². The van der Waals surface area contributed by atoms with Gasteiger partial charge in [0.05, 0.1) is 14.9 Å². The maximum absolute atomic E-state index is 12.6. The molecule has 1 unspecified atom stereocenters. The molecule has 1 heterocycles. The molecule has 0 spiro atoms. The Hall–Kier alpha value is -0.570. The molecule has 2 rings (SSSR count). The van der Waals surface area contributed by atoms with Gasteiger partial charge in [0, 0.05) is 38.6 Å². The molecule has 6 nitrogen and oxygen atoms in total. The Morgan fingerprint density at radius 2 is 1.79 bits per heavy atom. The van der Waals surface area contributed by atoms with Gasteiger partial charge in [0.1, 0.15) is 0 Å². The number of hydrogen-bond acceptors (Lipinski definition) is 4. The van der Waals surface area contributed by atoms with Crippen LogP contribution < -0.4 is 5.73 Å². The Morgan fingerprint density at radius 3 is 2.29 bits per heavy atom. The van der Waals surface area contributed by atoms with E-state index in [1.165, 1.54) is 22.5 Å². The lowest BCUT2D eigenvalue weighted by Gasteiger charge is -2.35. The summed E-state index contributed by atoms with van der Waals surface area (Å²) >= 11 is 11.7. The van der Waals surface area contributed by atoms with Gasteiger partial charge in [-0.25, -0.2) is 8.42 Å².